The van der Waals surface area contributed by atoms with Gasteiger partial charge in [-0.2, -0.15) is 0 Å². The van der Waals surface area contributed by atoms with Crippen molar-refractivity contribution in [2.75, 3.05) is 19.0 Å². The van der Waals surface area contributed by atoms with E-state index in [1.165, 1.54) is 11.1 Å². The predicted molar refractivity (Wildman–Crippen MR) is 112 cm³/mol. The van der Waals surface area contributed by atoms with Crippen molar-refractivity contribution >= 4 is 11.7 Å². The largest absolute Gasteiger partial charge is 0.497 e. The fourth-order valence-corrected chi connectivity index (χ4v) is 2.75. The Morgan fingerprint density at radius 1 is 0.964 bits per heavy atom. The molecule has 1 heterocycles. The molecule has 1 aromatic heterocycles. The Balaban J connectivity index is 1.45. The lowest BCUT2D eigenvalue weighted by Gasteiger charge is -2.08. The number of methoxy groups -OCH3 is 1. The lowest BCUT2D eigenvalue weighted by Crippen LogP contribution is -2.23. The second-order valence-corrected chi connectivity index (χ2v) is 6.63. The number of benzene rings is 2. The molecule has 0 aliphatic rings. The highest BCUT2D eigenvalue weighted by Gasteiger charge is 2.06. The highest BCUT2D eigenvalue weighted by molar-refractivity contribution is 5.94. The molecule has 0 spiro atoms. The molecule has 0 aliphatic carbocycles. The van der Waals surface area contributed by atoms with Crippen LogP contribution in [0.25, 0.3) is 0 Å². The number of carbonyl (C=O) groups excluding carboxylic acids is 1. The van der Waals surface area contributed by atoms with Gasteiger partial charge in [0.15, 0.2) is 0 Å². The summed E-state index contributed by atoms with van der Waals surface area (Å²) in [4.78, 5) is 16.6. The highest BCUT2D eigenvalue weighted by atomic mass is 16.5. The average Bonchev–Trinajstić information content (AvgIpc) is 2.74. The van der Waals surface area contributed by atoms with Gasteiger partial charge in [0, 0.05) is 19.3 Å². The summed E-state index contributed by atoms with van der Waals surface area (Å²) in [7, 11) is 1.66. The van der Waals surface area contributed by atoms with Gasteiger partial charge >= 0.3 is 0 Å². The van der Waals surface area contributed by atoms with E-state index in [0.717, 1.165) is 30.1 Å². The van der Waals surface area contributed by atoms with Crippen molar-refractivity contribution in [1.82, 2.24) is 10.3 Å². The zero-order chi connectivity index (χ0) is 19.8. The van der Waals surface area contributed by atoms with Crippen LogP contribution in [0.2, 0.25) is 0 Å². The third-order valence-electron chi connectivity index (χ3n) is 4.48. The molecule has 3 rings (SSSR count). The maximum atomic E-state index is 12.3. The van der Waals surface area contributed by atoms with Crippen LogP contribution in [0.5, 0.6) is 5.75 Å². The summed E-state index contributed by atoms with van der Waals surface area (Å²) in [5.41, 5.74) is 4.05. The van der Waals surface area contributed by atoms with E-state index in [4.69, 9.17) is 4.74 Å². The first kappa shape index (κ1) is 19.4. The lowest BCUT2D eigenvalue weighted by atomic mass is 10.1. The Labute approximate surface area is 165 Å². The molecule has 0 saturated heterocycles. The molecule has 28 heavy (non-hydrogen) atoms. The van der Waals surface area contributed by atoms with Crippen LogP contribution in [-0.4, -0.2) is 24.5 Å². The van der Waals surface area contributed by atoms with E-state index in [-0.39, 0.29) is 5.91 Å². The molecule has 2 aromatic carbocycles. The summed E-state index contributed by atoms with van der Waals surface area (Å²) >= 11 is 0. The van der Waals surface area contributed by atoms with Gasteiger partial charge in [0.1, 0.15) is 11.6 Å². The summed E-state index contributed by atoms with van der Waals surface area (Å²) in [6.45, 7) is 3.31. The number of rotatable bonds is 8. The Morgan fingerprint density at radius 3 is 2.32 bits per heavy atom. The molecule has 0 radical (unpaired) electrons. The number of nitrogens with one attached hydrogen (secondary N) is 2. The van der Waals surface area contributed by atoms with Crippen LogP contribution in [0.3, 0.4) is 0 Å². The Hall–Kier alpha value is -3.34. The molecule has 5 heteroatoms. The fraction of sp³-hybridized carbons (Fsp3) is 0.217. The summed E-state index contributed by atoms with van der Waals surface area (Å²) in [5, 5.41) is 6.20. The first-order valence-electron chi connectivity index (χ1n) is 9.30. The number of aromatic nitrogens is 1. The van der Waals surface area contributed by atoms with Gasteiger partial charge in [0.2, 0.25) is 0 Å². The van der Waals surface area contributed by atoms with Gasteiger partial charge < -0.3 is 15.4 Å². The van der Waals surface area contributed by atoms with Crippen molar-refractivity contribution < 1.29 is 9.53 Å². The van der Waals surface area contributed by atoms with Crippen molar-refractivity contribution in [3.05, 3.63) is 89.1 Å². The van der Waals surface area contributed by atoms with Crippen LogP contribution in [0, 0.1) is 6.92 Å². The third kappa shape index (κ3) is 5.58. The predicted octanol–water partition coefficient (Wildman–Crippen LogP) is 3.98. The fourth-order valence-electron chi connectivity index (χ4n) is 2.75. The number of hydrogen-bond acceptors (Lipinski definition) is 4. The van der Waals surface area contributed by atoms with Gasteiger partial charge in [0.25, 0.3) is 5.91 Å². The smallest absolute Gasteiger partial charge is 0.253 e. The molecule has 0 unspecified atom stereocenters. The Bertz CT molecular complexity index is 889. The molecule has 5 nitrogen and oxygen atoms in total. The molecule has 0 bridgehead atoms. The maximum absolute atomic E-state index is 12.3. The highest BCUT2D eigenvalue weighted by Crippen LogP contribution is 2.12. The van der Waals surface area contributed by atoms with Gasteiger partial charge in [-0.25, -0.2) is 4.98 Å². The molecule has 1 amide bonds. The quantitative estimate of drug-likeness (QED) is 0.625. The van der Waals surface area contributed by atoms with E-state index >= 15 is 0 Å². The number of amides is 1. The molecular formula is C23H25N3O2. The minimum Gasteiger partial charge on any atom is -0.497 e. The zero-order valence-corrected chi connectivity index (χ0v) is 16.2. The molecule has 3 aromatic rings. The molecule has 0 fully saturated rings. The SMILES string of the molecule is COc1ccc(CCNc2ccc(C(=O)NCc3ccc(C)cc3)cn2)cc1. The number of aryl methyl sites for hydroxylation is 1. The van der Waals surface area contributed by atoms with Crippen molar-refractivity contribution in [2.45, 2.75) is 19.9 Å². The first-order valence-corrected chi connectivity index (χ1v) is 9.30. The molecule has 0 aliphatic heterocycles. The average molecular weight is 375 g/mol. The topological polar surface area (TPSA) is 63.2 Å². The van der Waals surface area contributed by atoms with Crippen molar-refractivity contribution in [2.24, 2.45) is 0 Å². The maximum Gasteiger partial charge on any atom is 0.253 e. The van der Waals surface area contributed by atoms with Crippen LogP contribution >= 0.6 is 0 Å². The van der Waals surface area contributed by atoms with Crippen molar-refractivity contribution in [3.8, 4) is 5.75 Å². The van der Waals surface area contributed by atoms with E-state index in [0.29, 0.717) is 12.1 Å². The molecule has 144 valence electrons. The van der Waals surface area contributed by atoms with Gasteiger partial charge in [-0.3, -0.25) is 4.79 Å². The van der Waals surface area contributed by atoms with Crippen molar-refractivity contribution in [1.29, 1.82) is 0 Å². The lowest BCUT2D eigenvalue weighted by molar-refractivity contribution is 0.0950. The second kappa shape index (κ2) is 9.55. The minimum absolute atomic E-state index is 0.127. The minimum atomic E-state index is -0.127. The Kier molecular flexibility index (Phi) is 6.63. The third-order valence-corrected chi connectivity index (χ3v) is 4.48. The van der Waals surface area contributed by atoms with E-state index in [9.17, 15) is 4.79 Å². The normalized spacial score (nSPS) is 10.4. The van der Waals surface area contributed by atoms with Crippen LogP contribution in [0.15, 0.2) is 66.9 Å². The number of ether oxygens (including phenoxy) is 1. The zero-order valence-electron chi connectivity index (χ0n) is 16.2. The number of hydrogen-bond donors (Lipinski definition) is 2. The number of pyridine rings is 1. The molecule has 2 N–H and O–H groups in total. The number of nitrogens with zero attached hydrogens (tertiary/aromatic N) is 1. The van der Waals surface area contributed by atoms with Crippen LogP contribution in [0.4, 0.5) is 5.82 Å². The number of anilines is 1. The first-order chi connectivity index (χ1) is 13.6. The number of carbonyl (C=O) groups is 1. The van der Waals surface area contributed by atoms with Gasteiger partial charge in [-0.1, -0.05) is 42.0 Å². The molecule has 0 saturated carbocycles. The molecule has 0 atom stereocenters. The van der Waals surface area contributed by atoms with E-state index in [2.05, 4.69) is 27.8 Å². The second-order valence-electron chi connectivity index (χ2n) is 6.63. The van der Waals surface area contributed by atoms with E-state index in [1.807, 2.05) is 49.4 Å². The summed E-state index contributed by atoms with van der Waals surface area (Å²) in [5.74, 6) is 1.48. The Morgan fingerprint density at radius 2 is 1.68 bits per heavy atom. The van der Waals surface area contributed by atoms with Crippen molar-refractivity contribution in [3.63, 3.8) is 0 Å². The summed E-state index contributed by atoms with van der Waals surface area (Å²) in [6, 6.07) is 19.7. The van der Waals surface area contributed by atoms with Crippen LogP contribution < -0.4 is 15.4 Å². The van der Waals surface area contributed by atoms with Crippen LogP contribution in [-0.2, 0) is 13.0 Å². The van der Waals surface area contributed by atoms with Gasteiger partial charge in [-0.15, -0.1) is 0 Å². The van der Waals surface area contributed by atoms with E-state index < -0.39 is 0 Å². The summed E-state index contributed by atoms with van der Waals surface area (Å²) in [6.07, 6.45) is 2.48. The van der Waals surface area contributed by atoms with Gasteiger partial charge in [-0.05, 0) is 48.7 Å². The van der Waals surface area contributed by atoms with Crippen LogP contribution in [0.1, 0.15) is 27.0 Å². The van der Waals surface area contributed by atoms with E-state index in [1.54, 1.807) is 19.4 Å². The molecular weight excluding hydrogens is 350 g/mol. The summed E-state index contributed by atoms with van der Waals surface area (Å²) < 4.78 is 5.16. The standard InChI is InChI=1S/C23H25N3O2/c1-17-3-5-19(6-4-17)15-26-23(27)20-9-12-22(25-16-20)24-14-13-18-7-10-21(28-2)11-8-18/h3-12,16H,13-15H2,1-2H3,(H,24,25)(H,26,27). The van der Waals surface area contributed by atoms with Gasteiger partial charge in [0.05, 0.1) is 12.7 Å². The monoisotopic (exact) mass is 375 g/mol.